The number of aryl methyl sites for hydroxylation is 2. The molecule has 0 N–H and O–H groups in total. The van der Waals surface area contributed by atoms with E-state index in [1.807, 2.05) is 47.4 Å². The van der Waals surface area contributed by atoms with Gasteiger partial charge in [0.2, 0.25) is 5.91 Å². The van der Waals surface area contributed by atoms with E-state index in [4.69, 9.17) is 4.74 Å². The van der Waals surface area contributed by atoms with E-state index < -0.39 is 0 Å². The highest BCUT2D eigenvalue weighted by molar-refractivity contribution is 5.97. The number of hydrogen-bond acceptors (Lipinski definition) is 3. The summed E-state index contributed by atoms with van der Waals surface area (Å²) < 4.78 is 5.23. The molecule has 0 saturated carbocycles. The summed E-state index contributed by atoms with van der Waals surface area (Å²) in [5, 5.41) is 0. The molecule has 1 heterocycles. The maximum atomic E-state index is 12.7. The molecule has 0 atom stereocenters. The Morgan fingerprint density at radius 3 is 2.76 bits per heavy atom. The first-order chi connectivity index (χ1) is 12.1. The number of hydrogen-bond donors (Lipinski definition) is 0. The number of nitrogens with zero attached hydrogens (tertiary/aromatic N) is 1. The number of carbonyl (C=O) groups excluding carboxylic acids is 2. The fourth-order valence-electron chi connectivity index (χ4n) is 3.29. The van der Waals surface area contributed by atoms with Crippen LogP contribution >= 0.6 is 0 Å². The smallest absolute Gasteiger partial charge is 0.227 e. The maximum absolute atomic E-state index is 12.7. The van der Waals surface area contributed by atoms with Crippen molar-refractivity contribution in [3.8, 4) is 5.75 Å². The highest BCUT2D eigenvalue weighted by Crippen LogP contribution is 2.29. The van der Waals surface area contributed by atoms with Crippen molar-refractivity contribution in [2.24, 2.45) is 0 Å². The van der Waals surface area contributed by atoms with E-state index in [-0.39, 0.29) is 11.7 Å². The van der Waals surface area contributed by atoms with Crippen LogP contribution < -0.4 is 9.64 Å². The molecule has 0 saturated heterocycles. The van der Waals surface area contributed by atoms with Crippen molar-refractivity contribution in [1.29, 1.82) is 0 Å². The average molecular weight is 337 g/mol. The second-order valence-corrected chi connectivity index (χ2v) is 6.40. The molecule has 4 heteroatoms. The molecule has 0 spiro atoms. The molecule has 1 aliphatic heterocycles. The van der Waals surface area contributed by atoms with Gasteiger partial charge >= 0.3 is 0 Å². The zero-order valence-corrected chi connectivity index (χ0v) is 14.7. The summed E-state index contributed by atoms with van der Waals surface area (Å²) in [6.07, 6.45) is 2.99. The van der Waals surface area contributed by atoms with Gasteiger partial charge in [-0.1, -0.05) is 12.1 Å². The molecule has 0 aromatic heterocycles. The number of fused-ring (bicyclic) bond motifs is 1. The van der Waals surface area contributed by atoms with Crippen molar-refractivity contribution in [3.63, 3.8) is 0 Å². The third-order valence-corrected chi connectivity index (χ3v) is 4.67. The van der Waals surface area contributed by atoms with Crippen molar-refractivity contribution < 1.29 is 14.3 Å². The second-order valence-electron chi connectivity index (χ2n) is 6.40. The fraction of sp³-hybridized carbons (Fsp3) is 0.333. The average Bonchev–Trinajstić information content (AvgIpc) is 2.65. The predicted octanol–water partition coefficient (Wildman–Crippen LogP) is 3.81. The number of methoxy groups -OCH3 is 1. The summed E-state index contributed by atoms with van der Waals surface area (Å²) in [6, 6.07) is 13.5. The SMILES string of the molecule is COc1cccc(CCC(=O)N2CCCc3cc(C(C)=O)ccc32)c1. The molecule has 2 aromatic carbocycles. The Balaban J connectivity index is 1.72. The van der Waals surface area contributed by atoms with Gasteiger partial charge in [-0.05, 0) is 67.6 Å². The minimum Gasteiger partial charge on any atom is -0.497 e. The van der Waals surface area contributed by atoms with Gasteiger partial charge in [-0.25, -0.2) is 0 Å². The first-order valence-electron chi connectivity index (χ1n) is 8.65. The lowest BCUT2D eigenvalue weighted by Crippen LogP contribution is -2.35. The molecule has 130 valence electrons. The molecule has 0 fully saturated rings. The van der Waals surface area contributed by atoms with Gasteiger partial charge in [0.25, 0.3) is 0 Å². The van der Waals surface area contributed by atoms with Gasteiger partial charge in [0, 0.05) is 24.2 Å². The molecule has 25 heavy (non-hydrogen) atoms. The van der Waals surface area contributed by atoms with Gasteiger partial charge < -0.3 is 9.64 Å². The molecule has 2 aromatic rings. The Morgan fingerprint density at radius 1 is 1.16 bits per heavy atom. The minimum atomic E-state index is 0.0595. The van der Waals surface area contributed by atoms with Gasteiger partial charge in [-0.3, -0.25) is 9.59 Å². The number of ketones is 1. The molecule has 0 unspecified atom stereocenters. The van der Waals surface area contributed by atoms with Crippen LogP contribution in [0.1, 0.15) is 41.3 Å². The van der Waals surface area contributed by atoms with Crippen molar-refractivity contribution >= 4 is 17.4 Å². The Kier molecular flexibility index (Phi) is 5.17. The van der Waals surface area contributed by atoms with Crippen molar-refractivity contribution in [2.45, 2.75) is 32.6 Å². The lowest BCUT2D eigenvalue weighted by atomic mass is 9.97. The van der Waals surface area contributed by atoms with Gasteiger partial charge in [0.1, 0.15) is 5.75 Å². The molecule has 0 bridgehead atoms. The van der Waals surface area contributed by atoms with Gasteiger partial charge in [0.05, 0.1) is 7.11 Å². The minimum absolute atomic E-state index is 0.0595. The molecular formula is C21H23NO3. The van der Waals surface area contributed by atoms with Crippen LogP contribution in [0.4, 0.5) is 5.69 Å². The van der Waals surface area contributed by atoms with Crippen molar-refractivity contribution in [1.82, 2.24) is 0 Å². The largest absolute Gasteiger partial charge is 0.497 e. The number of carbonyl (C=O) groups is 2. The van der Waals surface area contributed by atoms with Gasteiger partial charge in [0.15, 0.2) is 5.78 Å². The highest BCUT2D eigenvalue weighted by atomic mass is 16.5. The van der Waals surface area contributed by atoms with Crippen LogP contribution in [0.15, 0.2) is 42.5 Å². The third kappa shape index (κ3) is 3.90. The summed E-state index contributed by atoms with van der Waals surface area (Å²) in [4.78, 5) is 26.2. The lowest BCUT2D eigenvalue weighted by Gasteiger charge is -2.30. The van der Waals surface area contributed by atoms with Crippen LogP contribution in [0.2, 0.25) is 0 Å². The second kappa shape index (κ2) is 7.51. The zero-order chi connectivity index (χ0) is 17.8. The Hall–Kier alpha value is -2.62. The fourth-order valence-corrected chi connectivity index (χ4v) is 3.29. The van der Waals surface area contributed by atoms with Crippen molar-refractivity contribution in [3.05, 3.63) is 59.2 Å². The van der Waals surface area contributed by atoms with Crippen LogP contribution in [0, 0.1) is 0 Å². The summed E-state index contributed by atoms with van der Waals surface area (Å²) in [6.45, 7) is 2.31. The van der Waals surface area contributed by atoms with Crippen LogP contribution in [0.3, 0.4) is 0 Å². The molecule has 3 rings (SSSR count). The standard InChI is InChI=1S/C21H23NO3/c1-15(23)17-9-10-20-18(14-17)6-4-12-22(20)21(24)11-8-16-5-3-7-19(13-16)25-2/h3,5,7,9-10,13-14H,4,6,8,11-12H2,1-2H3. The quantitative estimate of drug-likeness (QED) is 0.780. The van der Waals surface area contributed by atoms with Crippen LogP contribution in [-0.4, -0.2) is 25.3 Å². The number of anilines is 1. The zero-order valence-electron chi connectivity index (χ0n) is 14.7. The van der Waals surface area contributed by atoms with Crippen LogP contribution in [0.5, 0.6) is 5.75 Å². The predicted molar refractivity (Wildman–Crippen MR) is 98.4 cm³/mol. The van der Waals surface area contributed by atoms with E-state index in [2.05, 4.69) is 0 Å². The number of ether oxygens (including phenoxy) is 1. The lowest BCUT2D eigenvalue weighted by molar-refractivity contribution is -0.118. The Labute approximate surface area is 148 Å². The first kappa shape index (κ1) is 17.2. The van der Waals surface area contributed by atoms with E-state index in [0.29, 0.717) is 18.4 Å². The summed E-state index contributed by atoms with van der Waals surface area (Å²) in [7, 11) is 1.64. The van der Waals surface area contributed by atoms with E-state index >= 15 is 0 Å². The number of benzene rings is 2. The number of amides is 1. The van der Waals surface area contributed by atoms with Gasteiger partial charge in [-0.15, -0.1) is 0 Å². The van der Waals surface area contributed by atoms with Crippen LogP contribution in [0.25, 0.3) is 0 Å². The summed E-state index contributed by atoms with van der Waals surface area (Å²) >= 11 is 0. The van der Waals surface area contributed by atoms with E-state index in [1.54, 1.807) is 14.0 Å². The van der Waals surface area contributed by atoms with E-state index in [9.17, 15) is 9.59 Å². The first-order valence-corrected chi connectivity index (χ1v) is 8.65. The molecule has 4 nitrogen and oxygen atoms in total. The third-order valence-electron chi connectivity index (χ3n) is 4.67. The topological polar surface area (TPSA) is 46.6 Å². The Morgan fingerprint density at radius 2 is 2.00 bits per heavy atom. The highest BCUT2D eigenvalue weighted by Gasteiger charge is 2.22. The van der Waals surface area contributed by atoms with Crippen molar-refractivity contribution in [2.75, 3.05) is 18.6 Å². The number of rotatable bonds is 5. The Bertz CT molecular complexity index is 797. The number of Topliss-reactive ketones (excluding diaryl/α,β-unsaturated/α-hetero) is 1. The van der Waals surface area contributed by atoms with E-state index in [1.165, 1.54) is 0 Å². The summed E-state index contributed by atoms with van der Waals surface area (Å²) in [5.41, 5.74) is 3.85. The molecule has 1 aliphatic rings. The molecule has 1 amide bonds. The van der Waals surface area contributed by atoms with Crippen LogP contribution in [-0.2, 0) is 17.6 Å². The van der Waals surface area contributed by atoms with E-state index in [0.717, 1.165) is 42.0 Å². The maximum Gasteiger partial charge on any atom is 0.227 e. The molecule has 0 aliphatic carbocycles. The van der Waals surface area contributed by atoms with Gasteiger partial charge in [-0.2, -0.15) is 0 Å². The molecular weight excluding hydrogens is 314 g/mol. The molecule has 0 radical (unpaired) electrons. The normalized spacial score (nSPS) is 13.3. The monoisotopic (exact) mass is 337 g/mol. The summed E-state index contributed by atoms with van der Waals surface area (Å²) in [5.74, 6) is 0.994.